The van der Waals surface area contributed by atoms with Crippen LogP contribution >= 0.6 is 0 Å². The Morgan fingerprint density at radius 3 is 2.50 bits per heavy atom. The van der Waals surface area contributed by atoms with E-state index in [1.807, 2.05) is 24.4 Å². The highest BCUT2D eigenvalue weighted by Gasteiger charge is 2.08. The molecule has 174 valence electrons. The van der Waals surface area contributed by atoms with Gasteiger partial charge in [0, 0.05) is 59.2 Å². The molecule has 0 fully saturated rings. The smallest absolute Gasteiger partial charge is 0.224 e. The molecule has 3 heterocycles. The predicted octanol–water partition coefficient (Wildman–Crippen LogP) is 4.91. The summed E-state index contributed by atoms with van der Waals surface area (Å²) in [5.74, 6) is 2.20. The van der Waals surface area contributed by atoms with Crippen LogP contribution in [0.25, 0.3) is 21.8 Å². The van der Waals surface area contributed by atoms with Gasteiger partial charge in [0.15, 0.2) is 0 Å². The number of nitrogens with zero attached hydrogens (tertiary/aromatic N) is 3. The number of benzene rings is 2. The van der Waals surface area contributed by atoms with Crippen LogP contribution in [0.3, 0.4) is 0 Å². The van der Waals surface area contributed by atoms with Crippen molar-refractivity contribution in [3.63, 3.8) is 0 Å². The lowest BCUT2D eigenvalue weighted by Crippen LogP contribution is -2.10. The SMILES string of the molecule is COc1ccc2[nH]cc(CCNc3nccc(Nc4ccc5[nH]cc(CN(C)C)c5c4)n3)c2c1. The number of ether oxygens (including phenoxy) is 1. The first-order chi connectivity index (χ1) is 16.6. The fourth-order valence-corrected chi connectivity index (χ4v) is 4.19. The minimum absolute atomic E-state index is 0.596. The molecule has 0 aliphatic heterocycles. The Bertz CT molecular complexity index is 1420. The first-order valence-corrected chi connectivity index (χ1v) is 11.3. The lowest BCUT2D eigenvalue weighted by molar-refractivity contribution is 0.404. The van der Waals surface area contributed by atoms with Crippen molar-refractivity contribution in [2.45, 2.75) is 13.0 Å². The zero-order valence-corrected chi connectivity index (χ0v) is 19.6. The van der Waals surface area contributed by atoms with Gasteiger partial charge in [0.05, 0.1) is 7.11 Å². The number of aromatic amines is 2. The van der Waals surface area contributed by atoms with Crippen molar-refractivity contribution >= 4 is 39.3 Å². The number of anilines is 3. The minimum Gasteiger partial charge on any atom is -0.497 e. The van der Waals surface area contributed by atoms with Crippen LogP contribution in [0, 0.1) is 0 Å². The van der Waals surface area contributed by atoms with Crippen LogP contribution < -0.4 is 15.4 Å². The van der Waals surface area contributed by atoms with E-state index in [-0.39, 0.29) is 0 Å². The van der Waals surface area contributed by atoms with Crippen molar-refractivity contribution in [1.29, 1.82) is 0 Å². The van der Waals surface area contributed by atoms with Crippen molar-refractivity contribution in [3.8, 4) is 5.75 Å². The average Bonchev–Trinajstić information content (AvgIpc) is 3.42. The highest BCUT2D eigenvalue weighted by Crippen LogP contribution is 2.26. The summed E-state index contributed by atoms with van der Waals surface area (Å²) >= 11 is 0. The molecule has 0 atom stereocenters. The van der Waals surface area contributed by atoms with Gasteiger partial charge in [0.1, 0.15) is 11.6 Å². The van der Waals surface area contributed by atoms with Crippen molar-refractivity contribution in [2.24, 2.45) is 0 Å². The molecule has 0 bridgehead atoms. The number of fused-ring (bicyclic) bond motifs is 2. The van der Waals surface area contributed by atoms with Gasteiger partial charge in [-0.05, 0) is 74.1 Å². The second-order valence-electron chi connectivity index (χ2n) is 8.60. The maximum atomic E-state index is 5.36. The molecule has 0 amide bonds. The quantitative estimate of drug-likeness (QED) is 0.252. The molecule has 2 aromatic carbocycles. The van der Waals surface area contributed by atoms with Crippen molar-refractivity contribution in [1.82, 2.24) is 24.8 Å². The molecule has 5 rings (SSSR count). The first-order valence-electron chi connectivity index (χ1n) is 11.3. The number of nitrogens with one attached hydrogen (secondary N) is 4. The second kappa shape index (κ2) is 9.44. The zero-order chi connectivity index (χ0) is 23.5. The van der Waals surface area contributed by atoms with Crippen molar-refractivity contribution < 1.29 is 4.74 Å². The lowest BCUT2D eigenvalue weighted by Gasteiger charge is -2.10. The van der Waals surface area contributed by atoms with Crippen LogP contribution in [0.2, 0.25) is 0 Å². The van der Waals surface area contributed by atoms with E-state index < -0.39 is 0 Å². The molecule has 0 unspecified atom stereocenters. The summed E-state index contributed by atoms with van der Waals surface area (Å²) in [5.41, 5.74) is 5.71. The van der Waals surface area contributed by atoms with Crippen LogP contribution in [0.5, 0.6) is 5.75 Å². The van der Waals surface area contributed by atoms with Gasteiger partial charge in [-0.25, -0.2) is 4.98 Å². The van der Waals surface area contributed by atoms with Gasteiger partial charge >= 0.3 is 0 Å². The lowest BCUT2D eigenvalue weighted by atomic mass is 10.1. The number of H-pyrrole nitrogens is 2. The molecule has 8 heteroatoms. The monoisotopic (exact) mass is 455 g/mol. The third-order valence-corrected chi connectivity index (χ3v) is 5.83. The molecule has 0 radical (unpaired) electrons. The molecule has 0 saturated heterocycles. The minimum atomic E-state index is 0.596. The number of hydrogen-bond acceptors (Lipinski definition) is 6. The maximum Gasteiger partial charge on any atom is 0.224 e. The van der Waals surface area contributed by atoms with Gasteiger partial charge in [-0.2, -0.15) is 4.98 Å². The number of rotatable bonds is 9. The number of methoxy groups -OCH3 is 1. The van der Waals surface area contributed by atoms with Gasteiger partial charge in [0.2, 0.25) is 5.95 Å². The maximum absolute atomic E-state index is 5.36. The molecule has 5 aromatic rings. The summed E-state index contributed by atoms with van der Waals surface area (Å²) < 4.78 is 5.36. The standard InChI is InChI=1S/C26H29N7O/c1-33(2)16-18-15-30-23-6-4-19(12-21(18)23)31-25-9-11-28-26(32-25)27-10-8-17-14-29-24-7-5-20(34-3)13-22(17)24/h4-7,9,11-15,29-30H,8,10,16H2,1-3H3,(H2,27,28,31,32). The Balaban J connectivity index is 1.25. The van der Waals surface area contributed by atoms with E-state index in [2.05, 4.69) is 80.0 Å². The van der Waals surface area contributed by atoms with Crippen LogP contribution in [-0.2, 0) is 13.0 Å². The van der Waals surface area contributed by atoms with Crippen LogP contribution in [0.15, 0.2) is 61.1 Å². The molecule has 0 saturated carbocycles. The third kappa shape index (κ3) is 4.67. The van der Waals surface area contributed by atoms with Gasteiger partial charge in [-0.1, -0.05) is 0 Å². The van der Waals surface area contributed by atoms with E-state index in [0.29, 0.717) is 5.95 Å². The van der Waals surface area contributed by atoms with E-state index in [0.717, 1.165) is 47.8 Å². The Kier molecular flexibility index (Phi) is 6.05. The van der Waals surface area contributed by atoms with Crippen molar-refractivity contribution in [3.05, 3.63) is 72.2 Å². The largest absolute Gasteiger partial charge is 0.497 e. The highest BCUT2D eigenvalue weighted by atomic mass is 16.5. The fourth-order valence-electron chi connectivity index (χ4n) is 4.19. The highest BCUT2D eigenvalue weighted by molar-refractivity contribution is 5.87. The molecule has 34 heavy (non-hydrogen) atoms. The summed E-state index contributed by atoms with van der Waals surface area (Å²) in [7, 11) is 5.84. The van der Waals surface area contributed by atoms with Crippen LogP contribution in [0.1, 0.15) is 11.1 Å². The molecule has 3 aromatic heterocycles. The Labute approximate surface area is 198 Å². The summed E-state index contributed by atoms with van der Waals surface area (Å²) in [4.78, 5) is 17.8. The van der Waals surface area contributed by atoms with E-state index in [1.54, 1.807) is 13.3 Å². The first kappa shape index (κ1) is 21.8. The average molecular weight is 456 g/mol. The normalized spacial score (nSPS) is 11.4. The topological polar surface area (TPSA) is 93.9 Å². The summed E-state index contributed by atoms with van der Waals surface area (Å²) in [6.45, 7) is 1.60. The summed E-state index contributed by atoms with van der Waals surface area (Å²) in [5, 5.41) is 9.13. The molecule has 8 nitrogen and oxygen atoms in total. The molecular formula is C26H29N7O. The van der Waals surface area contributed by atoms with E-state index in [1.165, 1.54) is 21.9 Å². The number of aromatic nitrogens is 4. The molecule has 0 aliphatic rings. The van der Waals surface area contributed by atoms with Crippen LogP contribution in [-0.4, -0.2) is 52.6 Å². The summed E-state index contributed by atoms with van der Waals surface area (Å²) in [6, 6.07) is 14.2. The van der Waals surface area contributed by atoms with E-state index >= 15 is 0 Å². The molecule has 0 spiro atoms. The van der Waals surface area contributed by atoms with Gasteiger partial charge < -0.3 is 30.2 Å². The molecule has 4 N–H and O–H groups in total. The summed E-state index contributed by atoms with van der Waals surface area (Å²) in [6.07, 6.45) is 6.73. The van der Waals surface area contributed by atoms with E-state index in [4.69, 9.17) is 4.74 Å². The van der Waals surface area contributed by atoms with E-state index in [9.17, 15) is 0 Å². The zero-order valence-electron chi connectivity index (χ0n) is 19.6. The van der Waals surface area contributed by atoms with Crippen molar-refractivity contribution in [2.75, 3.05) is 38.4 Å². The predicted molar refractivity (Wildman–Crippen MR) is 138 cm³/mol. The second-order valence-corrected chi connectivity index (χ2v) is 8.60. The Morgan fingerprint density at radius 2 is 1.71 bits per heavy atom. The molecular weight excluding hydrogens is 426 g/mol. The van der Waals surface area contributed by atoms with Crippen LogP contribution in [0.4, 0.5) is 17.5 Å². The molecule has 0 aliphatic carbocycles. The Morgan fingerprint density at radius 1 is 0.941 bits per heavy atom. The van der Waals surface area contributed by atoms with Gasteiger partial charge in [0.25, 0.3) is 0 Å². The third-order valence-electron chi connectivity index (χ3n) is 5.83. The number of hydrogen-bond donors (Lipinski definition) is 4. The fraction of sp³-hybridized carbons (Fsp3) is 0.231. The van der Waals surface area contributed by atoms with Gasteiger partial charge in [-0.3, -0.25) is 0 Å². The van der Waals surface area contributed by atoms with Gasteiger partial charge in [-0.15, -0.1) is 0 Å². The Hall–Kier alpha value is -4.04.